The van der Waals surface area contributed by atoms with Gasteiger partial charge in [-0.3, -0.25) is 4.79 Å². The Kier molecular flexibility index (Phi) is 6.84. The number of nitrogens with zero attached hydrogens (tertiary/aromatic N) is 1. The zero-order chi connectivity index (χ0) is 20.9. The van der Waals surface area contributed by atoms with E-state index in [2.05, 4.69) is 42.4 Å². The Labute approximate surface area is 185 Å². The first-order valence-corrected chi connectivity index (χ1v) is 10.3. The van der Waals surface area contributed by atoms with Crippen molar-refractivity contribution in [2.24, 2.45) is 5.10 Å². The van der Waals surface area contributed by atoms with Crippen LogP contribution in [0.25, 0.3) is 0 Å². The Morgan fingerprint density at radius 2 is 1.59 bits per heavy atom. The molecule has 148 valence electrons. The van der Waals surface area contributed by atoms with Crippen molar-refractivity contribution in [2.45, 2.75) is 5.60 Å². The number of amides is 1. The number of nitrogens with one attached hydrogen (secondary N) is 1. The summed E-state index contributed by atoms with van der Waals surface area (Å²) in [5.41, 5.74) is 2.11. The molecule has 0 fully saturated rings. The Balaban J connectivity index is 1.92. The number of halogens is 2. The Morgan fingerprint density at radius 1 is 1.03 bits per heavy atom. The van der Waals surface area contributed by atoms with Crippen molar-refractivity contribution < 1.29 is 14.6 Å². The quantitative estimate of drug-likeness (QED) is 0.370. The third-order valence-electron chi connectivity index (χ3n) is 4.32. The van der Waals surface area contributed by atoms with Gasteiger partial charge in [-0.25, -0.2) is 5.43 Å². The summed E-state index contributed by atoms with van der Waals surface area (Å²) in [5, 5.41) is 15.4. The maximum absolute atomic E-state index is 13.0. The molecule has 0 spiro atoms. The highest BCUT2D eigenvalue weighted by atomic mass is 79.9. The molecule has 0 radical (unpaired) electrons. The van der Waals surface area contributed by atoms with Gasteiger partial charge >= 0.3 is 0 Å². The number of ether oxygens (including phenoxy) is 1. The molecule has 1 amide bonds. The van der Waals surface area contributed by atoms with Crippen LogP contribution in [0.15, 0.2) is 86.8 Å². The number of benzene rings is 3. The number of carbonyl (C=O) groups excluding carboxylic acids is 1. The van der Waals surface area contributed by atoms with E-state index in [0.717, 1.165) is 8.95 Å². The lowest BCUT2D eigenvalue weighted by Gasteiger charge is -2.27. The Hall–Kier alpha value is -2.48. The second kappa shape index (κ2) is 9.35. The van der Waals surface area contributed by atoms with Crippen LogP contribution in [0.5, 0.6) is 5.75 Å². The van der Waals surface area contributed by atoms with E-state index < -0.39 is 11.5 Å². The van der Waals surface area contributed by atoms with Gasteiger partial charge in [0.15, 0.2) is 5.60 Å². The maximum atomic E-state index is 13.0. The molecule has 0 aliphatic carbocycles. The summed E-state index contributed by atoms with van der Waals surface area (Å²) < 4.78 is 6.94. The topological polar surface area (TPSA) is 70.9 Å². The smallest absolute Gasteiger partial charge is 0.281 e. The highest BCUT2D eigenvalue weighted by Crippen LogP contribution is 2.32. The van der Waals surface area contributed by atoms with E-state index in [1.54, 1.807) is 61.7 Å². The molecule has 0 bridgehead atoms. The zero-order valence-corrected chi connectivity index (χ0v) is 18.6. The van der Waals surface area contributed by atoms with Gasteiger partial charge in [-0.2, -0.15) is 5.10 Å². The highest BCUT2D eigenvalue weighted by Gasteiger charge is 2.39. The minimum absolute atomic E-state index is 0.446. The minimum Gasteiger partial charge on any atom is -0.495 e. The summed E-state index contributed by atoms with van der Waals surface area (Å²) in [6.45, 7) is 0. The van der Waals surface area contributed by atoms with Crippen molar-refractivity contribution in [1.29, 1.82) is 0 Å². The van der Waals surface area contributed by atoms with E-state index in [-0.39, 0.29) is 0 Å². The molecule has 0 saturated heterocycles. The molecule has 29 heavy (non-hydrogen) atoms. The molecule has 0 atom stereocenters. The molecule has 0 heterocycles. The zero-order valence-electron chi connectivity index (χ0n) is 15.5. The van der Waals surface area contributed by atoms with Crippen LogP contribution in [0.4, 0.5) is 0 Å². The van der Waals surface area contributed by atoms with Crippen molar-refractivity contribution in [2.75, 3.05) is 7.11 Å². The number of carbonyl (C=O) groups is 1. The van der Waals surface area contributed by atoms with E-state index in [0.29, 0.717) is 22.4 Å². The second-order valence-electron chi connectivity index (χ2n) is 6.15. The molecular formula is C22H18Br2N2O3. The Morgan fingerprint density at radius 3 is 2.10 bits per heavy atom. The van der Waals surface area contributed by atoms with Crippen LogP contribution in [0, 0.1) is 0 Å². The fourth-order valence-electron chi connectivity index (χ4n) is 2.92. The fraction of sp³-hybridized carbons (Fsp3) is 0.0909. The third-order valence-corrected chi connectivity index (χ3v) is 5.37. The summed E-state index contributed by atoms with van der Waals surface area (Å²) in [6.07, 6.45) is 1.46. The predicted octanol–water partition coefficient (Wildman–Crippen LogP) is 4.61. The molecular weight excluding hydrogens is 500 g/mol. The average molecular weight is 518 g/mol. The molecule has 0 unspecified atom stereocenters. The molecule has 3 aromatic rings. The summed E-state index contributed by atoms with van der Waals surface area (Å²) in [7, 11) is 1.55. The van der Waals surface area contributed by atoms with Crippen LogP contribution >= 0.6 is 31.9 Å². The summed E-state index contributed by atoms with van der Waals surface area (Å²) in [4.78, 5) is 13.0. The van der Waals surface area contributed by atoms with E-state index in [9.17, 15) is 9.90 Å². The van der Waals surface area contributed by atoms with Crippen molar-refractivity contribution in [3.8, 4) is 5.75 Å². The van der Waals surface area contributed by atoms with E-state index >= 15 is 0 Å². The number of rotatable bonds is 6. The van der Waals surface area contributed by atoms with Gasteiger partial charge in [0.05, 0.1) is 17.8 Å². The molecule has 0 aliphatic rings. The van der Waals surface area contributed by atoms with Crippen molar-refractivity contribution in [3.05, 3.63) is 98.4 Å². The third kappa shape index (κ3) is 4.58. The predicted molar refractivity (Wildman–Crippen MR) is 120 cm³/mol. The molecule has 0 saturated carbocycles. The number of hydrazone groups is 1. The first-order chi connectivity index (χ1) is 14.0. The van der Waals surface area contributed by atoms with Gasteiger partial charge in [-0.15, -0.1) is 0 Å². The van der Waals surface area contributed by atoms with Crippen LogP contribution in [-0.2, 0) is 10.4 Å². The van der Waals surface area contributed by atoms with Crippen LogP contribution in [0.3, 0.4) is 0 Å². The number of methoxy groups -OCH3 is 1. The van der Waals surface area contributed by atoms with Gasteiger partial charge < -0.3 is 9.84 Å². The van der Waals surface area contributed by atoms with Crippen LogP contribution in [0.2, 0.25) is 0 Å². The number of aliphatic hydroxyl groups is 1. The van der Waals surface area contributed by atoms with Crippen LogP contribution < -0.4 is 10.2 Å². The summed E-state index contributed by atoms with van der Waals surface area (Å²) in [6, 6.07) is 21.2. The standard InChI is InChI=1S/C22H18Br2N2O3/c1-29-20-15(12-18(23)13-19(20)24)14-25-26-21(27)22(28,16-8-4-2-5-9-16)17-10-6-3-7-11-17/h2-14,28H,1H3,(H,26,27)/b25-14-. The SMILES string of the molecule is COc1c(Br)cc(Br)cc1/C=N\NC(=O)C(O)(c1ccccc1)c1ccccc1. The molecule has 2 N–H and O–H groups in total. The molecule has 5 nitrogen and oxygen atoms in total. The average Bonchev–Trinajstić information content (AvgIpc) is 2.74. The van der Waals surface area contributed by atoms with Gasteiger partial charge in [0.25, 0.3) is 5.91 Å². The summed E-state index contributed by atoms with van der Waals surface area (Å²) in [5.74, 6) is -0.0910. The minimum atomic E-state index is -1.89. The summed E-state index contributed by atoms with van der Waals surface area (Å²) >= 11 is 6.84. The molecule has 7 heteroatoms. The van der Waals surface area contributed by atoms with E-state index in [1.165, 1.54) is 6.21 Å². The lowest BCUT2D eigenvalue weighted by atomic mass is 9.85. The fourth-order valence-corrected chi connectivity index (χ4v) is 4.34. The normalized spacial score (nSPS) is 11.4. The first-order valence-electron chi connectivity index (χ1n) is 8.66. The Bertz CT molecular complexity index is 985. The highest BCUT2D eigenvalue weighted by molar-refractivity contribution is 9.11. The van der Waals surface area contributed by atoms with Crippen molar-refractivity contribution in [1.82, 2.24) is 5.43 Å². The van der Waals surface area contributed by atoms with Gasteiger partial charge in [0, 0.05) is 10.0 Å². The van der Waals surface area contributed by atoms with Crippen molar-refractivity contribution >= 4 is 44.0 Å². The monoisotopic (exact) mass is 516 g/mol. The van der Waals surface area contributed by atoms with Gasteiger partial charge in [-0.05, 0) is 39.2 Å². The lowest BCUT2D eigenvalue weighted by Crippen LogP contribution is -2.43. The number of hydrogen-bond acceptors (Lipinski definition) is 4. The van der Waals surface area contributed by atoms with Gasteiger partial charge in [-0.1, -0.05) is 76.6 Å². The lowest BCUT2D eigenvalue weighted by molar-refractivity contribution is -0.136. The van der Waals surface area contributed by atoms with Gasteiger partial charge in [0.2, 0.25) is 0 Å². The largest absolute Gasteiger partial charge is 0.495 e. The molecule has 3 rings (SSSR count). The maximum Gasteiger partial charge on any atom is 0.281 e. The first kappa shape index (κ1) is 21.2. The molecule has 0 aliphatic heterocycles. The van der Waals surface area contributed by atoms with Crippen LogP contribution in [-0.4, -0.2) is 24.3 Å². The van der Waals surface area contributed by atoms with Gasteiger partial charge in [0.1, 0.15) is 5.75 Å². The second-order valence-corrected chi connectivity index (χ2v) is 7.92. The van der Waals surface area contributed by atoms with Crippen LogP contribution in [0.1, 0.15) is 16.7 Å². The van der Waals surface area contributed by atoms with E-state index in [1.807, 2.05) is 18.2 Å². The molecule has 0 aromatic heterocycles. The molecule has 3 aromatic carbocycles. The number of hydrogen-bond donors (Lipinski definition) is 2. The van der Waals surface area contributed by atoms with E-state index in [4.69, 9.17) is 4.74 Å². The van der Waals surface area contributed by atoms with Crippen molar-refractivity contribution in [3.63, 3.8) is 0 Å².